The minimum atomic E-state index is -1.07. The first-order chi connectivity index (χ1) is 18.8. The molecule has 0 saturated carbocycles. The molecule has 1 aliphatic rings. The number of aromatic nitrogens is 1. The second-order valence-corrected chi connectivity index (χ2v) is 9.64. The average molecular weight is 545 g/mol. The van der Waals surface area contributed by atoms with Gasteiger partial charge < -0.3 is 19.0 Å². The number of carboxylic acid groups (broad SMARTS) is 1. The van der Waals surface area contributed by atoms with Gasteiger partial charge in [0.2, 0.25) is 0 Å². The maximum atomic E-state index is 13.8. The molecule has 1 atom stereocenters. The quantitative estimate of drug-likeness (QED) is 0.352. The average Bonchev–Trinajstić information content (AvgIpc) is 3.52. The summed E-state index contributed by atoms with van der Waals surface area (Å²) in [6.45, 7) is 3.61. The summed E-state index contributed by atoms with van der Waals surface area (Å²) in [7, 11) is 1.55. The monoisotopic (exact) mass is 544 g/mol. The fourth-order valence-corrected chi connectivity index (χ4v) is 5.53. The van der Waals surface area contributed by atoms with Gasteiger partial charge in [0.15, 0.2) is 4.80 Å². The molecular formula is C29H24N2O7S. The molecule has 1 aliphatic heterocycles. The number of benzene rings is 2. The molecule has 0 saturated heterocycles. The number of fused-ring (bicyclic) bond motifs is 1. The number of aromatic carboxylic acids is 1. The molecule has 3 heterocycles. The second-order valence-electron chi connectivity index (χ2n) is 8.63. The summed E-state index contributed by atoms with van der Waals surface area (Å²) in [6.07, 6.45) is 1.59. The molecule has 1 N–H and O–H groups in total. The van der Waals surface area contributed by atoms with Gasteiger partial charge in [0, 0.05) is 11.6 Å². The van der Waals surface area contributed by atoms with E-state index in [4.69, 9.17) is 13.9 Å². The van der Waals surface area contributed by atoms with Crippen LogP contribution < -0.4 is 19.6 Å². The third-order valence-electron chi connectivity index (χ3n) is 6.25. The molecule has 2 aromatic carbocycles. The Hall–Kier alpha value is -4.70. The number of carbonyl (C=O) groups excluding carboxylic acids is 1. The minimum Gasteiger partial charge on any atom is -0.497 e. The number of esters is 1. The summed E-state index contributed by atoms with van der Waals surface area (Å²) in [5.41, 5.74) is 1.58. The first-order valence-electron chi connectivity index (χ1n) is 12.1. The van der Waals surface area contributed by atoms with E-state index in [0.717, 1.165) is 0 Å². The zero-order valence-electron chi connectivity index (χ0n) is 21.3. The van der Waals surface area contributed by atoms with Crippen molar-refractivity contribution in [1.29, 1.82) is 0 Å². The normalized spacial score (nSPS) is 15.1. The van der Waals surface area contributed by atoms with Crippen LogP contribution in [0.3, 0.4) is 0 Å². The van der Waals surface area contributed by atoms with Gasteiger partial charge in [-0.05, 0) is 49.7 Å². The first-order valence-corrected chi connectivity index (χ1v) is 12.9. The molecular weight excluding hydrogens is 520 g/mol. The highest BCUT2D eigenvalue weighted by atomic mass is 32.1. The number of methoxy groups -OCH3 is 1. The molecule has 0 spiro atoms. The van der Waals surface area contributed by atoms with Gasteiger partial charge in [-0.15, -0.1) is 0 Å². The van der Waals surface area contributed by atoms with E-state index in [2.05, 4.69) is 4.99 Å². The topological polar surface area (TPSA) is 120 Å². The van der Waals surface area contributed by atoms with Crippen LogP contribution in [-0.2, 0) is 9.53 Å². The lowest BCUT2D eigenvalue weighted by Gasteiger charge is -2.24. The van der Waals surface area contributed by atoms with E-state index >= 15 is 0 Å². The van der Waals surface area contributed by atoms with Crippen molar-refractivity contribution < 1.29 is 28.6 Å². The van der Waals surface area contributed by atoms with Crippen molar-refractivity contribution in [3.8, 4) is 17.1 Å². The number of rotatable bonds is 7. The fourth-order valence-electron chi connectivity index (χ4n) is 4.51. The number of ether oxygens (including phenoxy) is 2. The lowest BCUT2D eigenvalue weighted by atomic mass is 9.95. The third-order valence-corrected chi connectivity index (χ3v) is 7.23. The summed E-state index contributed by atoms with van der Waals surface area (Å²) < 4.78 is 18.4. The van der Waals surface area contributed by atoms with E-state index in [1.165, 1.54) is 22.0 Å². The molecule has 2 aromatic heterocycles. The standard InChI is InChI=1S/C29H24N2O7S/c1-4-37-28(35)24-16(2)30-29-31(25(24)17-8-7-9-18(14-17)36-3)26(32)23(39-29)15-19-12-13-22(38-19)20-10-5-6-11-21(20)27(33)34/h5-15,25H,4H2,1-3H3,(H,33,34). The van der Waals surface area contributed by atoms with Gasteiger partial charge >= 0.3 is 11.9 Å². The number of carbonyl (C=O) groups is 2. The van der Waals surface area contributed by atoms with Crippen molar-refractivity contribution in [3.63, 3.8) is 0 Å². The molecule has 0 aliphatic carbocycles. The number of hydrogen-bond acceptors (Lipinski definition) is 8. The third kappa shape index (κ3) is 4.82. The Balaban J connectivity index is 1.65. The molecule has 0 radical (unpaired) electrons. The summed E-state index contributed by atoms with van der Waals surface area (Å²) in [4.78, 5) is 43.4. The van der Waals surface area contributed by atoms with Gasteiger partial charge in [-0.1, -0.05) is 41.7 Å². The highest BCUT2D eigenvalue weighted by Gasteiger charge is 2.33. The SMILES string of the molecule is CCOC(=O)C1=C(C)N=c2sc(=Cc3ccc(-c4ccccc4C(=O)O)o3)c(=O)n2C1c1cccc(OC)c1. The van der Waals surface area contributed by atoms with Crippen LogP contribution in [0.25, 0.3) is 17.4 Å². The molecule has 1 unspecified atom stereocenters. The summed E-state index contributed by atoms with van der Waals surface area (Å²) in [5.74, 6) is -0.301. The van der Waals surface area contributed by atoms with E-state index in [9.17, 15) is 19.5 Å². The van der Waals surface area contributed by atoms with Crippen LogP contribution in [0.1, 0.15) is 41.6 Å². The van der Waals surface area contributed by atoms with Crippen molar-refractivity contribution in [1.82, 2.24) is 4.57 Å². The van der Waals surface area contributed by atoms with Crippen molar-refractivity contribution >= 4 is 29.4 Å². The van der Waals surface area contributed by atoms with Gasteiger partial charge in [-0.2, -0.15) is 0 Å². The number of nitrogens with zero attached hydrogens (tertiary/aromatic N) is 2. The lowest BCUT2D eigenvalue weighted by Crippen LogP contribution is -2.39. The fraction of sp³-hybridized carbons (Fsp3) is 0.172. The van der Waals surface area contributed by atoms with E-state index in [-0.39, 0.29) is 23.3 Å². The molecule has 5 rings (SSSR count). The Morgan fingerprint density at radius 2 is 1.95 bits per heavy atom. The Morgan fingerprint density at radius 3 is 2.69 bits per heavy atom. The van der Waals surface area contributed by atoms with Crippen LogP contribution in [-0.4, -0.2) is 35.3 Å². The van der Waals surface area contributed by atoms with Gasteiger partial charge in [-0.25, -0.2) is 14.6 Å². The summed E-state index contributed by atoms with van der Waals surface area (Å²) in [5, 5.41) is 9.52. The molecule has 39 heavy (non-hydrogen) atoms. The number of carboxylic acids is 1. The Bertz CT molecular complexity index is 1810. The van der Waals surface area contributed by atoms with E-state index < -0.39 is 18.0 Å². The van der Waals surface area contributed by atoms with Crippen LogP contribution >= 0.6 is 11.3 Å². The molecule has 9 nitrogen and oxygen atoms in total. The molecule has 4 aromatic rings. The van der Waals surface area contributed by atoms with E-state index in [1.54, 1.807) is 75.6 Å². The van der Waals surface area contributed by atoms with Gasteiger partial charge in [-0.3, -0.25) is 9.36 Å². The van der Waals surface area contributed by atoms with E-state index in [0.29, 0.717) is 43.4 Å². The second kappa shape index (κ2) is 10.6. The Morgan fingerprint density at radius 1 is 1.15 bits per heavy atom. The number of allylic oxidation sites excluding steroid dienone is 1. The lowest BCUT2D eigenvalue weighted by molar-refractivity contribution is -0.139. The highest BCUT2D eigenvalue weighted by molar-refractivity contribution is 7.07. The number of hydrogen-bond donors (Lipinski definition) is 1. The minimum absolute atomic E-state index is 0.109. The molecule has 0 fully saturated rings. The summed E-state index contributed by atoms with van der Waals surface area (Å²) in [6, 6.07) is 16.3. The van der Waals surface area contributed by atoms with Crippen molar-refractivity contribution in [2.45, 2.75) is 19.9 Å². The maximum absolute atomic E-state index is 13.8. The maximum Gasteiger partial charge on any atom is 0.338 e. The highest BCUT2D eigenvalue weighted by Crippen LogP contribution is 2.32. The molecule has 0 bridgehead atoms. The Labute approximate surface area is 226 Å². The predicted molar refractivity (Wildman–Crippen MR) is 144 cm³/mol. The number of thiazole rings is 1. The van der Waals surface area contributed by atoms with Crippen LogP contribution in [0.2, 0.25) is 0 Å². The summed E-state index contributed by atoms with van der Waals surface area (Å²) >= 11 is 1.17. The van der Waals surface area contributed by atoms with Crippen LogP contribution in [0.5, 0.6) is 5.75 Å². The zero-order chi connectivity index (χ0) is 27.7. The van der Waals surface area contributed by atoms with Crippen LogP contribution in [0, 0.1) is 0 Å². The zero-order valence-corrected chi connectivity index (χ0v) is 22.2. The van der Waals surface area contributed by atoms with Crippen molar-refractivity contribution in [2.24, 2.45) is 4.99 Å². The number of furan rings is 1. The van der Waals surface area contributed by atoms with Gasteiger partial charge in [0.25, 0.3) is 5.56 Å². The molecule has 10 heteroatoms. The van der Waals surface area contributed by atoms with Gasteiger partial charge in [0.05, 0.1) is 41.1 Å². The Kier molecular flexibility index (Phi) is 7.03. The van der Waals surface area contributed by atoms with Gasteiger partial charge in [0.1, 0.15) is 17.3 Å². The molecule has 198 valence electrons. The van der Waals surface area contributed by atoms with Crippen LogP contribution in [0.4, 0.5) is 0 Å². The molecule has 0 amide bonds. The largest absolute Gasteiger partial charge is 0.497 e. The first kappa shape index (κ1) is 25.9. The van der Waals surface area contributed by atoms with E-state index in [1.807, 2.05) is 6.07 Å². The smallest absolute Gasteiger partial charge is 0.338 e. The van der Waals surface area contributed by atoms with Crippen molar-refractivity contribution in [2.75, 3.05) is 13.7 Å². The van der Waals surface area contributed by atoms with Crippen molar-refractivity contribution in [3.05, 3.63) is 109 Å². The van der Waals surface area contributed by atoms with Crippen LogP contribution in [0.15, 0.2) is 86.1 Å². The predicted octanol–water partition coefficient (Wildman–Crippen LogP) is 3.77.